The maximum atomic E-state index is 11.9. The van der Waals surface area contributed by atoms with Crippen molar-refractivity contribution in [2.75, 3.05) is 11.5 Å². The SMILES string of the molecule is CCCSc1ccc(-c2c(C(=O)O)c(N)[nH]c(=O)c2C(=O)O)cc1. The first-order chi connectivity index (χ1) is 11.4. The van der Waals surface area contributed by atoms with E-state index >= 15 is 0 Å². The van der Waals surface area contributed by atoms with Crippen molar-refractivity contribution < 1.29 is 19.8 Å². The summed E-state index contributed by atoms with van der Waals surface area (Å²) in [4.78, 5) is 37.9. The number of nitrogens with one attached hydrogen (secondary N) is 1. The molecule has 126 valence electrons. The van der Waals surface area contributed by atoms with E-state index in [4.69, 9.17) is 5.73 Å². The van der Waals surface area contributed by atoms with Crippen LogP contribution in [-0.4, -0.2) is 32.9 Å². The third kappa shape index (κ3) is 3.43. The molecular weight excluding hydrogens is 332 g/mol. The number of hydrogen-bond donors (Lipinski definition) is 4. The van der Waals surface area contributed by atoms with Crippen molar-refractivity contribution in [3.05, 3.63) is 45.7 Å². The van der Waals surface area contributed by atoms with Gasteiger partial charge in [-0.1, -0.05) is 19.1 Å². The zero-order valence-corrected chi connectivity index (χ0v) is 13.6. The molecule has 0 atom stereocenters. The number of anilines is 1. The lowest BCUT2D eigenvalue weighted by Gasteiger charge is -2.12. The van der Waals surface area contributed by atoms with Crippen LogP contribution in [0.1, 0.15) is 34.1 Å². The summed E-state index contributed by atoms with van der Waals surface area (Å²) >= 11 is 1.63. The highest BCUT2D eigenvalue weighted by atomic mass is 32.2. The summed E-state index contributed by atoms with van der Waals surface area (Å²) < 4.78 is 0. The molecule has 1 aromatic heterocycles. The Bertz CT molecular complexity index is 843. The largest absolute Gasteiger partial charge is 0.478 e. The lowest BCUT2D eigenvalue weighted by Crippen LogP contribution is -2.24. The van der Waals surface area contributed by atoms with Gasteiger partial charge in [0.2, 0.25) is 0 Å². The number of carboxylic acids is 2. The van der Waals surface area contributed by atoms with Crippen LogP contribution in [0.25, 0.3) is 11.1 Å². The summed E-state index contributed by atoms with van der Waals surface area (Å²) in [5, 5.41) is 18.7. The molecule has 0 bridgehead atoms. The molecular formula is C16H16N2O5S. The first-order valence-corrected chi connectivity index (χ1v) is 8.11. The van der Waals surface area contributed by atoms with Gasteiger partial charge in [0, 0.05) is 10.5 Å². The van der Waals surface area contributed by atoms with Crippen LogP contribution in [0.15, 0.2) is 34.0 Å². The number of aromatic amines is 1. The van der Waals surface area contributed by atoms with Gasteiger partial charge in [-0.15, -0.1) is 11.8 Å². The first-order valence-electron chi connectivity index (χ1n) is 7.12. The molecule has 2 rings (SSSR count). The highest BCUT2D eigenvalue weighted by Gasteiger charge is 2.26. The molecule has 0 fully saturated rings. The Hall–Kier alpha value is -2.74. The Labute approximate surface area is 141 Å². The number of hydrogen-bond acceptors (Lipinski definition) is 5. The Morgan fingerprint density at radius 1 is 1.12 bits per heavy atom. The van der Waals surface area contributed by atoms with E-state index in [0.717, 1.165) is 17.1 Å². The van der Waals surface area contributed by atoms with Gasteiger partial charge in [0.25, 0.3) is 5.56 Å². The van der Waals surface area contributed by atoms with E-state index < -0.39 is 28.6 Å². The average molecular weight is 348 g/mol. The van der Waals surface area contributed by atoms with Crippen molar-refractivity contribution in [1.29, 1.82) is 0 Å². The number of pyridine rings is 1. The average Bonchev–Trinajstić information content (AvgIpc) is 2.51. The Morgan fingerprint density at radius 3 is 2.21 bits per heavy atom. The van der Waals surface area contributed by atoms with Crippen LogP contribution < -0.4 is 11.3 Å². The fourth-order valence-corrected chi connectivity index (χ4v) is 3.04. The van der Waals surface area contributed by atoms with E-state index in [1.807, 2.05) is 0 Å². The summed E-state index contributed by atoms with van der Waals surface area (Å²) in [7, 11) is 0. The number of benzene rings is 1. The van der Waals surface area contributed by atoms with Crippen molar-refractivity contribution in [2.45, 2.75) is 18.2 Å². The van der Waals surface area contributed by atoms with Crippen LogP contribution in [-0.2, 0) is 0 Å². The molecule has 0 saturated heterocycles. The van der Waals surface area contributed by atoms with E-state index in [-0.39, 0.29) is 11.4 Å². The number of carbonyl (C=O) groups is 2. The number of aromatic nitrogens is 1. The zero-order chi connectivity index (χ0) is 17.9. The second-order valence-electron chi connectivity index (χ2n) is 4.98. The predicted octanol–water partition coefficient (Wildman–Crippen LogP) is 2.52. The smallest absolute Gasteiger partial charge is 0.342 e. The van der Waals surface area contributed by atoms with Crippen LogP contribution in [0.4, 0.5) is 5.82 Å². The van der Waals surface area contributed by atoms with Gasteiger partial charge in [-0.25, -0.2) is 9.59 Å². The minimum atomic E-state index is -1.52. The summed E-state index contributed by atoms with van der Waals surface area (Å²) in [6.45, 7) is 2.05. The molecule has 0 saturated carbocycles. The molecule has 0 radical (unpaired) electrons. The van der Waals surface area contributed by atoms with Crippen LogP contribution >= 0.6 is 11.8 Å². The minimum Gasteiger partial charge on any atom is -0.478 e. The maximum Gasteiger partial charge on any atom is 0.342 e. The molecule has 0 spiro atoms. The van der Waals surface area contributed by atoms with Gasteiger partial charge >= 0.3 is 11.9 Å². The summed E-state index contributed by atoms with van der Waals surface area (Å²) in [6.07, 6.45) is 1.00. The van der Waals surface area contributed by atoms with Gasteiger partial charge in [0.1, 0.15) is 16.9 Å². The minimum absolute atomic E-state index is 0.191. The first kappa shape index (κ1) is 17.6. The number of nitrogen functional groups attached to an aromatic ring is 1. The molecule has 24 heavy (non-hydrogen) atoms. The van der Waals surface area contributed by atoms with Crippen molar-refractivity contribution in [2.24, 2.45) is 0 Å². The second kappa shape index (κ2) is 7.22. The van der Waals surface area contributed by atoms with Crippen LogP contribution in [0.5, 0.6) is 0 Å². The van der Waals surface area contributed by atoms with Gasteiger partial charge in [-0.05, 0) is 29.9 Å². The number of aromatic carboxylic acids is 2. The van der Waals surface area contributed by atoms with Crippen molar-refractivity contribution in [3.63, 3.8) is 0 Å². The Balaban J connectivity index is 2.69. The highest BCUT2D eigenvalue weighted by Crippen LogP contribution is 2.30. The van der Waals surface area contributed by atoms with Crippen molar-refractivity contribution in [1.82, 2.24) is 4.98 Å². The molecule has 0 amide bonds. The Morgan fingerprint density at radius 2 is 1.71 bits per heavy atom. The number of carboxylic acid groups (broad SMARTS) is 2. The van der Waals surface area contributed by atoms with Crippen molar-refractivity contribution >= 4 is 29.5 Å². The normalized spacial score (nSPS) is 10.5. The standard InChI is InChI=1S/C16H16N2O5S/c1-2-7-24-9-5-3-8(4-6-9)10-11(15(20)21)13(17)18-14(19)12(10)16(22)23/h3-6H,2,7H2,1H3,(H,20,21)(H,22,23)(H3,17,18,19). The molecule has 0 aliphatic heterocycles. The molecule has 2 aromatic rings. The predicted molar refractivity (Wildman–Crippen MR) is 91.8 cm³/mol. The van der Waals surface area contributed by atoms with Crippen molar-refractivity contribution in [3.8, 4) is 11.1 Å². The third-order valence-corrected chi connectivity index (χ3v) is 4.51. The maximum absolute atomic E-state index is 11.9. The molecule has 7 nitrogen and oxygen atoms in total. The summed E-state index contributed by atoms with van der Waals surface area (Å²) in [6, 6.07) is 6.69. The van der Waals surface area contributed by atoms with Gasteiger partial charge < -0.3 is 20.9 Å². The number of H-pyrrole nitrogens is 1. The fraction of sp³-hybridized carbons (Fsp3) is 0.188. The number of thioether (sulfide) groups is 1. The zero-order valence-electron chi connectivity index (χ0n) is 12.8. The van der Waals surface area contributed by atoms with E-state index in [2.05, 4.69) is 11.9 Å². The molecule has 1 aromatic carbocycles. The van der Waals surface area contributed by atoms with E-state index in [1.165, 1.54) is 0 Å². The van der Waals surface area contributed by atoms with Crippen LogP contribution in [0, 0.1) is 0 Å². The number of nitrogens with two attached hydrogens (primary N) is 1. The van der Waals surface area contributed by atoms with E-state index in [1.54, 1.807) is 36.0 Å². The summed E-state index contributed by atoms with van der Waals surface area (Å²) in [5.41, 5.74) is 3.70. The molecule has 5 N–H and O–H groups in total. The molecule has 0 aliphatic carbocycles. The van der Waals surface area contributed by atoms with Gasteiger partial charge in [-0.3, -0.25) is 4.79 Å². The number of rotatable bonds is 6. The Kier molecular flexibility index (Phi) is 5.30. The van der Waals surface area contributed by atoms with E-state index in [9.17, 15) is 24.6 Å². The molecule has 8 heteroatoms. The van der Waals surface area contributed by atoms with Crippen LogP contribution in [0.2, 0.25) is 0 Å². The third-order valence-electron chi connectivity index (χ3n) is 3.29. The molecule has 0 aliphatic rings. The molecule has 0 unspecified atom stereocenters. The second-order valence-corrected chi connectivity index (χ2v) is 6.14. The quantitative estimate of drug-likeness (QED) is 0.589. The lowest BCUT2D eigenvalue weighted by atomic mass is 9.95. The fourth-order valence-electron chi connectivity index (χ4n) is 2.27. The van der Waals surface area contributed by atoms with Gasteiger partial charge in [0.15, 0.2) is 0 Å². The van der Waals surface area contributed by atoms with Crippen LogP contribution in [0.3, 0.4) is 0 Å². The highest BCUT2D eigenvalue weighted by molar-refractivity contribution is 7.99. The van der Waals surface area contributed by atoms with Gasteiger partial charge in [-0.2, -0.15) is 0 Å². The van der Waals surface area contributed by atoms with E-state index in [0.29, 0.717) is 5.56 Å². The lowest BCUT2D eigenvalue weighted by molar-refractivity contribution is 0.0695. The molecule has 1 heterocycles. The summed E-state index contributed by atoms with van der Waals surface area (Å²) in [5.74, 6) is -2.38. The monoisotopic (exact) mass is 348 g/mol. The van der Waals surface area contributed by atoms with Gasteiger partial charge in [0.05, 0.1) is 0 Å². The topological polar surface area (TPSA) is 133 Å².